The molecule has 0 spiro atoms. The van der Waals surface area contributed by atoms with Gasteiger partial charge in [-0.05, 0) is 42.5 Å². The second kappa shape index (κ2) is 7.09. The van der Waals surface area contributed by atoms with E-state index in [1.54, 1.807) is 25.5 Å². The van der Waals surface area contributed by atoms with Gasteiger partial charge in [-0.2, -0.15) is 5.10 Å². The molecule has 0 bridgehead atoms. The van der Waals surface area contributed by atoms with Crippen LogP contribution in [0.25, 0.3) is 10.9 Å². The molecule has 25 heavy (non-hydrogen) atoms. The number of carbonyl (C=O) groups is 1. The summed E-state index contributed by atoms with van der Waals surface area (Å²) < 4.78 is 5.24. The predicted molar refractivity (Wildman–Crippen MR) is 101 cm³/mol. The van der Waals surface area contributed by atoms with Gasteiger partial charge in [0, 0.05) is 48.0 Å². The normalized spacial score (nSPS) is 11.0. The molecule has 0 aliphatic carbocycles. The van der Waals surface area contributed by atoms with E-state index < -0.39 is 0 Å². The van der Waals surface area contributed by atoms with Gasteiger partial charge in [0.25, 0.3) is 5.91 Å². The van der Waals surface area contributed by atoms with Gasteiger partial charge in [-0.3, -0.25) is 4.79 Å². The van der Waals surface area contributed by atoms with E-state index in [4.69, 9.17) is 4.74 Å². The molecule has 0 fully saturated rings. The third kappa shape index (κ3) is 3.63. The first kappa shape index (κ1) is 16.6. The first-order valence-corrected chi connectivity index (χ1v) is 7.84. The Morgan fingerprint density at radius 1 is 1.20 bits per heavy atom. The van der Waals surface area contributed by atoms with Crippen molar-refractivity contribution in [3.8, 4) is 5.75 Å². The summed E-state index contributed by atoms with van der Waals surface area (Å²) in [7, 11) is 5.54. The van der Waals surface area contributed by atoms with Crippen LogP contribution in [0.2, 0.25) is 0 Å². The van der Waals surface area contributed by atoms with Crippen LogP contribution in [-0.4, -0.2) is 38.3 Å². The lowest BCUT2D eigenvalue weighted by molar-refractivity contribution is 0.0955. The number of fused-ring (bicyclic) bond motifs is 1. The van der Waals surface area contributed by atoms with Crippen molar-refractivity contribution in [3.05, 3.63) is 59.8 Å². The first-order valence-electron chi connectivity index (χ1n) is 7.84. The molecule has 1 heterocycles. The number of H-pyrrole nitrogens is 1. The minimum Gasteiger partial charge on any atom is -0.497 e. The van der Waals surface area contributed by atoms with E-state index in [1.807, 2.05) is 55.5 Å². The van der Waals surface area contributed by atoms with Gasteiger partial charge < -0.3 is 14.6 Å². The van der Waals surface area contributed by atoms with Gasteiger partial charge in [-0.1, -0.05) is 0 Å². The Hall–Kier alpha value is -3.28. The van der Waals surface area contributed by atoms with Crippen molar-refractivity contribution in [2.24, 2.45) is 5.10 Å². The second-order valence-electron chi connectivity index (χ2n) is 5.80. The summed E-state index contributed by atoms with van der Waals surface area (Å²) in [5, 5.41) is 5.04. The van der Waals surface area contributed by atoms with Gasteiger partial charge in [0.1, 0.15) is 5.75 Å². The van der Waals surface area contributed by atoms with Gasteiger partial charge in [0.2, 0.25) is 0 Å². The molecule has 6 nitrogen and oxygen atoms in total. The van der Waals surface area contributed by atoms with Gasteiger partial charge in [-0.15, -0.1) is 0 Å². The quantitative estimate of drug-likeness (QED) is 0.556. The Morgan fingerprint density at radius 2 is 1.96 bits per heavy atom. The average molecular weight is 336 g/mol. The summed E-state index contributed by atoms with van der Waals surface area (Å²) in [5.41, 5.74) is 6.00. The average Bonchev–Trinajstić information content (AvgIpc) is 3.04. The summed E-state index contributed by atoms with van der Waals surface area (Å²) >= 11 is 0. The molecule has 3 rings (SSSR count). The van der Waals surface area contributed by atoms with Crippen LogP contribution < -0.4 is 15.1 Å². The number of amides is 1. The van der Waals surface area contributed by atoms with Gasteiger partial charge in [-0.25, -0.2) is 5.43 Å². The zero-order chi connectivity index (χ0) is 17.8. The van der Waals surface area contributed by atoms with Crippen molar-refractivity contribution in [3.63, 3.8) is 0 Å². The van der Waals surface area contributed by atoms with Crippen molar-refractivity contribution in [2.75, 3.05) is 26.1 Å². The molecule has 0 saturated heterocycles. The van der Waals surface area contributed by atoms with Crippen molar-refractivity contribution >= 4 is 28.7 Å². The van der Waals surface area contributed by atoms with E-state index in [2.05, 4.69) is 15.5 Å². The summed E-state index contributed by atoms with van der Waals surface area (Å²) in [6, 6.07) is 13.1. The molecule has 1 aromatic heterocycles. The fraction of sp³-hybridized carbons (Fsp3) is 0.158. The van der Waals surface area contributed by atoms with Gasteiger partial charge in [0.15, 0.2) is 0 Å². The Labute approximate surface area is 146 Å². The third-order valence-corrected chi connectivity index (χ3v) is 3.94. The molecule has 1 amide bonds. The fourth-order valence-corrected chi connectivity index (χ4v) is 2.49. The molecule has 0 saturated carbocycles. The number of nitrogens with one attached hydrogen (secondary N) is 2. The number of benzene rings is 2. The smallest absolute Gasteiger partial charge is 0.271 e. The topological polar surface area (TPSA) is 69.7 Å². The molecular weight excluding hydrogens is 316 g/mol. The summed E-state index contributed by atoms with van der Waals surface area (Å²) in [6.07, 6.45) is 3.45. The molecule has 0 radical (unpaired) electrons. The third-order valence-electron chi connectivity index (χ3n) is 3.94. The van der Waals surface area contributed by atoms with Crippen LogP contribution in [0.15, 0.2) is 53.8 Å². The van der Waals surface area contributed by atoms with Crippen LogP contribution in [0, 0.1) is 0 Å². The minimum atomic E-state index is -0.251. The van der Waals surface area contributed by atoms with Crippen LogP contribution in [-0.2, 0) is 0 Å². The Morgan fingerprint density at radius 3 is 2.64 bits per heavy atom. The zero-order valence-electron chi connectivity index (χ0n) is 14.4. The molecule has 2 N–H and O–H groups in total. The van der Waals surface area contributed by atoms with E-state index in [0.29, 0.717) is 5.56 Å². The lowest BCUT2D eigenvalue weighted by atomic mass is 10.2. The van der Waals surface area contributed by atoms with Crippen molar-refractivity contribution < 1.29 is 9.53 Å². The minimum absolute atomic E-state index is 0.251. The molecule has 0 atom stereocenters. The Balaban J connectivity index is 1.71. The largest absolute Gasteiger partial charge is 0.497 e. The van der Waals surface area contributed by atoms with E-state index in [-0.39, 0.29) is 5.91 Å². The molecule has 6 heteroatoms. The fourth-order valence-electron chi connectivity index (χ4n) is 2.49. The number of methoxy groups -OCH3 is 1. The van der Waals surface area contributed by atoms with Crippen LogP contribution in [0.3, 0.4) is 0 Å². The van der Waals surface area contributed by atoms with E-state index in [0.717, 1.165) is 27.9 Å². The SMILES string of the molecule is COc1ccc2[nH]cc(/C=N/NC(=O)c3ccc(N(C)C)cc3)c2c1. The Kier molecular flexibility index (Phi) is 4.70. The number of nitrogens with zero attached hydrogens (tertiary/aromatic N) is 2. The number of aromatic amines is 1. The molecule has 128 valence electrons. The van der Waals surface area contributed by atoms with Crippen molar-refractivity contribution in [1.82, 2.24) is 10.4 Å². The van der Waals surface area contributed by atoms with Crippen LogP contribution in [0.1, 0.15) is 15.9 Å². The van der Waals surface area contributed by atoms with Gasteiger partial charge >= 0.3 is 0 Å². The first-order chi connectivity index (χ1) is 12.1. The summed E-state index contributed by atoms with van der Waals surface area (Å²) in [5.74, 6) is 0.519. The lowest BCUT2D eigenvalue weighted by Crippen LogP contribution is -2.17. The zero-order valence-corrected chi connectivity index (χ0v) is 14.4. The number of rotatable bonds is 5. The maximum absolute atomic E-state index is 12.2. The van der Waals surface area contributed by atoms with E-state index in [1.165, 1.54) is 0 Å². The number of ether oxygens (including phenoxy) is 1. The number of carbonyl (C=O) groups excluding carboxylic acids is 1. The number of hydrogen-bond acceptors (Lipinski definition) is 4. The number of anilines is 1. The van der Waals surface area contributed by atoms with E-state index in [9.17, 15) is 4.79 Å². The predicted octanol–water partition coefficient (Wildman–Crippen LogP) is 3.01. The van der Waals surface area contributed by atoms with Crippen molar-refractivity contribution in [2.45, 2.75) is 0 Å². The summed E-state index contributed by atoms with van der Waals surface area (Å²) in [6.45, 7) is 0. The number of hydrazone groups is 1. The number of hydrogen-bond donors (Lipinski definition) is 2. The monoisotopic (exact) mass is 336 g/mol. The molecule has 0 unspecified atom stereocenters. The molecular formula is C19H20N4O2. The highest BCUT2D eigenvalue weighted by atomic mass is 16.5. The van der Waals surface area contributed by atoms with Crippen molar-refractivity contribution in [1.29, 1.82) is 0 Å². The maximum atomic E-state index is 12.2. The van der Waals surface area contributed by atoms with E-state index >= 15 is 0 Å². The van der Waals surface area contributed by atoms with Crippen LogP contribution in [0.5, 0.6) is 5.75 Å². The molecule has 0 aliphatic heterocycles. The molecule has 0 aliphatic rings. The highest BCUT2D eigenvalue weighted by molar-refractivity contribution is 6.00. The maximum Gasteiger partial charge on any atom is 0.271 e. The number of aromatic nitrogens is 1. The van der Waals surface area contributed by atoms with Gasteiger partial charge in [0.05, 0.1) is 13.3 Å². The summed E-state index contributed by atoms with van der Waals surface area (Å²) in [4.78, 5) is 17.3. The Bertz CT molecular complexity index is 911. The highest BCUT2D eigenvalue weighted by Gasteiger charge is 2.06. The highest BCUT2D eigenvalue weighted by Crippen LogP contribution is 2.22. The second-order valence-corrected chi connectivity index (χ2v) is 5.80. The molecule has 2 aromatic carbocycles. The van der Waals surface area contributed by atoms with Crippen LogP contribution in [0.4, 0.5) is 5.69 Å². The molecule has 3 aromatic rings. The lowest BCUT2D eigenvalue weighted by Gasteiger charge is -2.12. The standard InChI is InChI=1S/C19H20N4O2/c1-23(2)15-6-4-13(5-7-15)19(24)22-21-12-14-11-20-18-9-8-16(25-3)10-17(14)18/h4-12,20H,1-3H3,(H,22,24)/b21-12+. The van der Waals surface area contributed by atoms with Crippen LogP contribution >= 0.6 is 0 Å².